The highest BCUT2D eigenvalue weighted by molar-refractivity contribution is 9.10. The maximum Gasteiger partial charge on any atom is 0.303 e. The van der Waals surface area contributed by atoms with Crippen LogP contribution in [0.5, 0.6) is 0 Å². The first-order valence-corrected chi connectivity index (χ1v) is 14.3. The summed E-state index contributed by atoms with van der Waals surface area (Å²) < 4.78 is 3.32. The summed E-state index contributed by atoms with van der Waals surface area (Å²) in [5, 5.41) is 12.1. The molecule has 0 spiro atoms. The van der Waals surface area contributed by atoms with Gasteiger partial charge in [0.15, 0.2) is 0 Å². The molecule has 5 nitrogen and oxygen atoms in total. The lowest BCUT2D eigenvalue weighted by Crippen LogP contribution is -2.16. The molecule has 39 heavy (non-hydrogen) atoms. The quantitative estimate of drug-likeness (QED) is 0.163. The summed E-state index contributed by atoms with van der Waals surface area (Å²) in [6.45, 7) is 5.01. The Labute approximate surface area is 239 Å². The van der Waals surface area contributed by atoms with E-state index >= 15 is 0 Å². The van der Waals surface area contributed by atoms with Gasteiger partial charge in [-0.25, -0.2) is 0 Å². The Morgan fingerprint density at radius 3 is 2.05 bits per heavy atom. The molecule has 0 aliphatic rings. The summed E-state index contributed by atoms with van der Waals surface area (Å²) in [6.07, 6.45) is 3.57. The van der Waals surface area contributed by atoms with Gasteiger partial charge in [-0.1, -0.05) is 103 Å². The number of nitrogens with one attached hydrogen (secondary N) is 1. The number of halogens is 1. The second kappa shape index (κ2) is 13.4. The third kappa shape index (κ3) is 7.07. The van der Waals surface area contributed by atoms with Gasteiger partial charge >= 0.3 is 5.97 Å². The number of carbonyl (C=O) groups excluding carboxylic acids is 1. The fourth-order valence-electron chi connectivity index (χ4n) is 5.11. The van der Waals surface area contributed by atoms with E-state index in [0.717, 1.165) is 64.0 Å². The van der Waals surface area contributed by atoms with E-state index in [0.29, 0.717) is 12.0 Å². The molecule has 0 aliphatic carbocycles. The van der Waals surface area contributed by atoms with Crippen molar-refractivity contribution in [1.29, 1.82) is 0 Å². The zero-order valence-electron chi connectivity index (χ0n) is 22.5. The van der Waals surface area contributed by atoms with Crippen molar-refractivity contribution in [2.75, 3.05) is 5.32 Å². The van der Waals surface area contributed by atoms with E-state index < -0.39 is 5.97 Å². The maximum absolute atomic E-state index is 14.1. The van der Waals surface area contributed by atoms with Crippen LogP contribution in [0, 0.1) is 0 Å². The van der Waals surface area contributed by atoms with Gasteiger partial charge in [0, 0.05) is 34.4 Å². The molecule has 2 N–H and O–H groups in total. The first kappa shape index (κ1) is 28.4. The highest BCUT2D eigenvalue weighted by atomic mass is 79.9. The largest absolute Gasteiger partial charge is 0.481 e. The number of carbonyl (C=O) groups is 2. The number of para-hydroxylation sites is 1. The van der Waals surface area contributed by atoms with Gasteiger partial charge in [-0.3, -0.25) is 9.59 Å². The molecule has 0 bridgehead atoms. The third-order valence-corrected chi connectivity index (χ3v) is 7.34. The van der Waals surface area contributed by atoms with Crippen molar-refractivity contribution in [2.45, 2.75) is 58.4 Å². The molecule has 0 unspecified atom stereocenters. The Hall–Kier alpha value is -3.64. The summed E-state index contributed by atoms with van der Waals surface area (Å²) >= 11 is 3.57. The smallest absolute Gasteiger partial charge is 0.303 e. The number of amides is 1. The molecular formula is C33H35BrN2O3. The lowest BCUT2D eigenvalue weighted by molar-refractivity contribution is -0.137. The van der Waals surface area contributed by atoms with Crippen LogP contribution in [0.1, 0.15) is 67.9 Å². The second-order valence-electron chi connectivity index (χ2n) is 10.0. The Morgan fingerprint density at radius 1 is 0.821 bits per heavy atom. The number of aliphatic carboxylic acids is 1. The number of carboxylic acid groups (broad SMARTS) is 1. The van der Waals surface area contributed by atoms with Gasteiger partial charge in [-0.05, 0) is 54.2 Å². The highest BCUT2D eigenvalue weighted by Gasteiger charge is 2.30. The van der Waals surface area contributed by atoms with Crippen molar-refractivity contribution < 1.29 is 14.7 Å². The van der Waals surface area contributed by atoms with Crippen molar-refractivity contribution >= 4 is 33.5 Å². The number of aromatic nitrogens is 1. The van der Waals surface area contributed by atoms with Crippen LogP contribution in [-0.2, 0) is 11.3 Å². The lowest BCUT2D eigenvalue weighted by atomic mass is 9.94. The monoisotopic (exact) mass is 586 g/mol. The van der Waals surface area contributed by atoms with E-state index in [-0.39, 0.29) is 18.2 Å². The minimum atomic E-state index is -0.749. The number of unbranched alkanes of at least 4 members (excludes halogenated alkanes) is 3. The first-order valence-electron chi connectivity index (χ1n) is 13.5. The van der Waals surface area contributed by atoms with E-state index in [1.165, 1.54) is 0 Å². The van der Waals surface area contributed by atoms with Gasteiger partial charge in [0.05, 0.1) is 11.3 Å². The number of carboxylic acids is 1. The Balaban J connectivity index is 1.87. The zero-order chi connectivity index (χ0) is 27.8. The SMILES string of the molecule is CC(C)c1c(C(=O)Nc2ccccc2)c(-c2ccccc2)c(-c2ccc(Br)cc2)n1CCCCCCC(=O)O. The maximum atomic E-state index is 14.1. The van der Waals surface area contributed by atoms with Crippen molar-refractivity contribution in [3.8, 4) is 22.4 Å². The average molecular weight is 588 g/mol. The molecule has 0 atom stereocenters. The minimum Gasteiger partial charge on any atom is -0.481 e. The summed E-state index contributed by atoms with van der Waals surface area (Å²) in [4.78, 5) is 25.0. The standard InChI is InChI=1S/C33H35BrN2O3/c1-23(2)31-30(33(39)35-27-15-9-6-10-16-27)29(24-13-7-5-8-14-24)32(25-18-20-26(34)21-19-25)36(31)22-12-4-3-11-17-28(37)38/h5-10,13-16,18-21,23H,3-4,11-12,17,22H2,1-2H3,(H,35,39)(H,37,38). The van der Waals surface area contributed by atoms with Crippen LogP contribution >= 0.6 is 15.9 Å². The minimum absolute atomic E-state index is 0.0974. The molecule has 0 fully saturated rings. The van der Waals surface area contributed by atoms with E-state index in [1.54, 1.807) is 0 Å². The number of nitrogens with zero attached hydrogens (tertiary/aromatic N) is 1. The zero-order valence-corrected chi connectivity index (χ0v) is 24.1. The fraction of sp³-hybridized carbons (Fsp3) is 0.273. The van der Waals surface area contributed by atoms with Gasteiger partial charge in [-0.2, -0.15) is 0 Å². The number of hydrogen-bond acceptors (Lipinski definition) is 2. The lowest BCUT2D eigenvalue weighted by Gasteiger charge is -2.17. The number of rotatable bonds is 12. The number of hydrogen-bond donors (Lipinski definition) is 2. The predicted octanol–water partition coefficient (Wildman–Crippen LogP) is 9.00. The highest BCUT2D eigenvalue weighted by Crippen LogP contribution is 2.42. The normalized spacial score (nSPS) is 11.1. The average Bonchev–Trinajstić information content (AvgIpc) is 3.27. The fourth-order valence-corrected chi connectivity index (χ4v) is 5.37. The molecule has 202 valence electrons. The Bertz CT molecular complexity index is 1390. The molecule has 0 saturated heterocycles. The van der Waals surface area contributed by atoms with Crippen LogP contribution in [-0.4, -0.2) is 21.6 Å². The Morgan fingerprint density at radius 2 is 1.44 bits per heavy atom. The topological polar surface area (TPSA) is 71.3 Å². The molecule has 0 radical (unpaired) electrons. The Kier molecular flexibility index (Phi) is 9.77. The third-order valence-electron chi connectivity index (χ3n) is 6.81. The van der Waals surface area contributed by atoms with Crippen LogP contribution in [0.3, 0.4) is 0 Å². The summed E-state index contributed by atoms with van der Waals surface area (Å²) in [7, 11) is 0. The van der Waals surface area contributed by atoms with Gasteiger partial charge in [0.1, 0.15) is 0 Å². The molecule has 4 aromatic rings. The van der Waals surface area contributed by atoms with Crippen molar-refractivity contribution in [3.63, 3.8) is 0 Å². The van der Waals surface area contributed by atoms with Gasteiger partial charge < -0.3 is 15.0 Å². The van der Waals surface area contributed by atoms with Gasteiger partial charge in [0.2, 0.25) is 0 Å². The molecule has 0 saturated carbocycles. The van der Waals surface area contributed by atoms with Crippen LogP contribution in [0.25, 0.3) is 22.4 Å². The van der Waals surface area contributed by atoms with Gasteiger partial charge in [-0.15, -0.1) is 0 Å². The van der Waals surface area contributed by atoms with Gasteiger partial charge in [0.25, 0.3) is 5.91 Å². The molecule has 4 rings (SSSR count). The molecule has 6 heteroatoms. The van der Waals surface area contributed by atoms with E-state index in [9.17, 15) is 9.59 Å². The van der Waals surface area contributed by atoms with E-state index in [4.69, 9.17) is 5.11 Å². The van der Waals surface area contributed by atoms with Crippen molar-refractivity contribution in [3.05, 3.63) is 101 Å². The molecule has 3 aromatic carbocycles. The second-order valence-corrected chi connectivity index (χ2v) is 11.0. The molecular weight excluding hydrogens is 552 g/mol. The van der Waals surface area contributed by atoms with E-state index in [1.807, 2.05) is 60.7 Å². The molecule has 1 aromatic heterocycles. The van der Waals surface area contributed by atoms with Crippen LogP contribution in [0.4, 0.5) is 5.69 Å². The summed E-state index contributed by atoms with van der Waals surface area (Å²) in [5.74, 6) is -0.774. The van der Waals surface area contributed by atoms with Crippen LogP contribution in [0.2, 0.25) is 0 Å². The summed E-state index contributed by atoms with van der Waals surface area (Å²) in [5.41, 5.74) is 6.46. The number of benzene rings is 3. The summed E-state index contributed by atoms with van der Waals surface area (Å²) in [6, 6.07) is 28.0. The van der Waals surface area contributed by atoms with Crippen molar-refractivity contribution in [1.82, 2.24) is 4.57 Å². The first-order chi connectivity index (χ1) is 18.9. The van der Waals surface area contributed by atoms with Crippen molar-refractivity contribution in [2.24, 2.45) is 0 Å². The molecule has 1 amide bonds. The van der Waals surface area contributed by atoms with Crippen LogP contribution in [0.15, 0.2) is 89.4 Å². The van der Waals surface area contributed by atoms with E-state index in [2.05, 4.69) is 63.9 Å². The predicted molar refractivity (Wildman–Crippen MR) is 162 cm³/mol. The van der Waals surface area contributed by atoms with Crippen LogP contribution < -0.4 is 5.32 Å². The molecule has 1 heterocycles. The molecule has 0 aliphatic heterocycles. The number of anilines is 1.